The van der Waals surface area contributed by atoms with E-state index < -0.39 is 18.4 Å². The lowest BCUT2D eigenvalue weighted by Crippen LogP contribution is -2.67. The fourth-order valence-corrected chi connectivity index (χ4v) is 3.81. The third-order valence-corrected chi connectivity index (χ3v) is 6.17. The summed E-state index contributed by atoms with van der Waals surface area (Å²) in [4.78, 5) is 40.2. The van der Waals surface area contributed by atoms with Gasteiger partial charge < -0.3 is 15.4 Å². The number of anilines is 1. The highest BCUT2D eigenvalue weighted by molar-refractivity contribution is 6.30. The van der Waals surface area contributed by atoms with Crippen molar-refractivity contribution in [2.75, 3.05) is 18.9 Å². The van der Waals surface area contributed by atoms with Crippen LogP contribution >= 0.6 is 11.6 Å². The molecule has 9 nitrogen and oxygen atoms in total. The molecule has 1 aliphatic heterocycles. The minimum absolute atomic E-state index is 0.0188. The number of amides is 5. The Bertz CT molecular complexity index is 1030. The summed E-state index contributed by atoms with van der Waals surface area (Å²) in [5.41, 5.74) is 1.56. The number of carbonyl (C=O) groups excluding carboxylic acids is 3. The van der Waals surface area contributed by atoms with E-state index in [0.29, 0.717) is 5.02 Å². The molecule has 1 saturated carbocycles. The lowest BCUT2D eigenvalue weighted by atomic mass is 9.96. The van der Waals surface area contributed by atoms with Crippen molar-refractivity contribution in [2.45, 2.75) is 44.6 Å². The average molecular weight is 486 g/mol. The van der Waals surface area contributed by atoms with Crippen molar-refractivity contribution in [3.8, 4) is 5.75 Å². The average Bonchev–Trinajstić information content (AvgIpc) is 2.80. The van der Waals surface area contributed by atoms with Gasteiger partial charge in [0.2, 0.25) is 5.91 Å². The predicted octanol–water partition coefficient (Wildman–Crippen LogP) is 3.75. The van der Waals surface area contributed by atoms with Crippen LogP contribution in [0.3, 0.4) is 0 Å². The Morgan fingerprint density at radius 3 is 2.44 bits per heavy atom. The maximum atomic E-state index is 13.3. The Balaban J connectivity index is 1.49. The SMILES string of the molecule is CNC(=O)CCN1C(=O)NC(Nc2ccc(OC3CCC3)cc2)N(Cc2ccc(Cl)cc2)C1=O. The van der Waals surface area contributed by atoms with Crippen molar-refractivity contribution in [3.63, 3.8) is 0 Å². The maximum absolute atomic E-state index is 13.3. The van der Waals surface area contributed by atoms with Gasteiger partial charge in [-0.15, -0.1) is 0 Å². The van der Waals surface area contributed by atoms with E-state index in [1.807, 2.05) is 36.4 Å². The van der Waals surface area contributed by atoms with Gasteiger partial charge in [0.25, 0.3) is 0 Å². The second-order valence-corrected chi connectivity index (χ2v) is 8.74. The number of imide groups is 1. The zero-order valence-electron chi connectivity index (χ0n) is 18.9. The Morgan fingerprint density at radius 2 is 1.82 bits per heavy atom. The molecule has 2 aromatic rings. The van der Waals surface area contributed by atoms with Gasteiger partial charge in [0.15, 0.2) is 6.29 Å². The first-order valence-electron chi connectivity index (χ1n) is 11.3. The van der Waals surface area contributed by atoms with Crippen LogP contribution in [-0.2, 0) is 11.3 Å². The maximum Gasteiger partial charge on any atom is 0.331 e. The fraction of sp³-hybridized carbons (Fsp3) is 0.375. The van der Waals surface area contributed by atoms with Gasteiger partial charge in [0, 0.05) is 30.7 Å². The van der Waals surface area contributed by atoms with Crippen molar-refractivity contribution in [1.29, 1.82) is 0 Å². The fourth-order valence-electron chi connectivity index (χ4n) is 3.69. The number of halogens is 1. The quantitative estimate of drug-likeness (QED) is 0.502. The summed E-state index contributed by atoms with van der Waals surface area (Å²) >= 11 is 6.00. The van der Waals surface area contributed by atoms with Crippen LogP contribution in [0.5, 0.6) is 5.75 Å². The molecule has 4 rings (SSSR count). The Morgan fingerprint density at radius 1 is 1.12 bits per heavy atom. The molecule has 34 heavy (non-hydrogen) atoms. The highest BCUT2D eigenvalue weighted by atomic mass is 35.5. The lowest BCUT2D eigenvalue weighted by molar-refractivity contribution is -0.120. The molecular formula is C24H28ClN5O4. The van der Waals surface area contributed by atoms with Gasteiger partial charge in [0.1, 0.15) is 5.75 Å². The standard InChI is InChI=1S/C24H28ClN5O4/c1-26-21(31)13-14-29-23(32)28-22(30(24(29)33)15-16-5-7-17(25)8-6-16)27-18-9-11-20(12-10-18)34-19-3-2-4-19/h5-12,19,22,27H,2-4,13-15H2,1H3,(H,26,31)(H,28,32). The molecule has 180 valence electrons. The highest BCUT2D eigenvalue weighted by Gasteiger charge is 2.38. The number of nitrogens with one attached hydrogen (secondary N) is 3. The summed E-state index contributed by atoms with van der Waals surface area (Å²) in [6.07, 6.45) is 2.86. The molecule has 1 unspecified atom stereocenters. The first-order valence-corrected chi connectivity index (χ1v) is 11.7. The lowest BCUT2D eigenvalue weighted by Gasteiger charge is -2.41. The summed E-state index contributed by atoms with van der Waals surface area (Å²) in [5.74, 6) is 0.534. The molecule has 0 bridgehead atoms. The number of ether oxygens (including phenoxy) is 1. The molecule has 1 heterocycles. The van der Waals surface area contributed by atoms with Crippen molar-refractivity contribution in [3.05, 3.63) is 59.1 Å². The number of rotatable bonds is 9. The van der Waals surface area contributed by atoms with Gasteiger partial charge in [-0.3, -0.25) is 15.0 Å². The largest absolute Gasteiger partial charge is 0.490 e. The normalized spacial score (nSPS) is 18.2. The van der Waals surface area contributed by atoms with Gasteiger partial charge in [-0.2, -0.15) is 0 Å². The van der Waals surface area contributed by atoms with Gasteiger partial charge in [0.05, 0.1) is 12.6 Å². The molecule has 2 aromatic carbocycles. The van der Waals surface area contributed by atoms with Crippen LogP contribution in [0.2, 0.25) is 5.02 Å². The minimum Gasteiger partial charge on any atom is -0.490 e. The van der Waals surface area contributed by atoms with E-state index in [1.165, 1.54) is 18.4 Å². The van der Waals surface area contributed by atoms with Crippen molar-refractivity contribution in [2.24, 2.45) is 0 Å². The molecule has 3 N–H and O–H groups in total. The summed E-state index contributed by atoms with van der Waals surface area (Å²) in [7, 11) is 1.51. The van der Waals surface area contributed by atoms with Crippen LogP contribution in [0.4, 0.5) is 15.3 Å². The van der Waals surface area contributed by atoms with E-state index in [2.05, 4.69) is 16.0 Å². The third kappa shape index (κ3) is 5.72. The number of carbonyl (C=O) groups is 3. The molecule has 1 aliphatic carbocycles. The first kappa shape index (κ1) is 23.7. The Kier molecular flexibility index (Phi) is 7.42. The summed E-state index contributed by atoms with van der Waals surface area (Å²) < 4.78 is 5.90. The number of benzene rings is 2. The molecular weight excluding hydrogens is 458 g/mol. The van der Waals surface area contributed by atoms with E-state index >= 15 is 0 Å². The molecule has 2 aliphatic rings. The van der Waals surface area contributed by atoms with Gasteiger partial charge in [-0.25, -0.2) is 14.5 Å². The Labute approximate surface area is 203 Å². The molecule has 0 radical (unpaired) electrons. The molecule has 1 atom stereocenters. The van der Waals surface area contributed by atoms with E-state index in [-0.39, 0.29) is 31.5 Å². The summed E-state index contributed by atoms with van der Waals surface area (Å²) in [6.45, 7) is 0.203. The van der Waals surface area contributed by atoms with Crippen LogP contribution in [0, 0.1) is 0 Å². The third-order valence-electron chi connectivity index (χ3n) is 5.91. The molecule has 0 spiro atoms. The van der Waals surface area contributed by atoms with Crippen LogP contribution in [0.15, 0.2) is 48.5 Å². The topological polar surface area (TPSA) is 103 Å². The Hall–Kier alpha value is -3.46. The van der Waals surface area contributed by atoms with Crippen LogP contribution < -0.4 is 20.7 Å². The molecule has 10 heteroatoms. The van der Waals surface area contributed by atoms with Crippen LogP contribution in [-0.4, -0.2) is 53.8 Å². The first-order chi connectivity index (χ1) is 16.4. The van der Waals surface area contributed by atoms with Crippen LogP contribution in [0.1, 0.15) is 31.2 Å². The second kappa shape index (κ2) is 10.6. The minimum atomic E-state index is -0.787. The monoisotopic (exact) mass is 485 g/mol. The summed E-state index contributed by atoms with van der Waals surface area (Å²) in [6, 6.07) is 13.5. The van der Waals surface area contributed by atoms with Gasteiger partial charge in [-0.1, -0.05) is 23.7 Å². The molecule has 1 saturated heterocycles. The van der Waals surface area contributed by atoms with E-state index in [4.69, 9.17) is 16.3 Å². The zero-order chi connectivity index (χ0) is 24.1. The molecule has 0 aromatic heterocycles. The van der Waals surface area contributed by atoms with Crippen molar-refractivity contribution in [1.82, 2.24) is 20.4 Å². The van der Waals surface area contributed by atoms with E-state index in [1.54, 1.807) is 12.1 Å². The number of nitrogens with zero attached hydrogens (tertiary/aromatic N) is 2. The summed E-state index contributed by atoms with van der Waals surface area (Å²) in [5, 5.41) is 9.13. The van der Waals surface area contributed by atoms with E-state index in [9.17, 15) is 14.4 Å². The molecule has 5 amide bonds. The smallest absolute Gasteiger partial charge is 0.331 e. The zero-order valence-corrected chi connectivity index (χ0v) is 19.7. The second-order valence-electron chi connectivity index (χ2n) is 8.30. The highest BCUT2D eigenvalue weighted by Crippen LogP contribution is 2.26. The molecule has 2 fully saturated rings. The van der Waals surface area contributed by atoms with E-state index in [0.717, 1.165) is 34.7 Å². The van der Waals surface area contributed by atoms with Crippen molar-refractivity contribution >= 4 is 35.3 Å². The number of urea groups is 2. The number of hydrogen-bond donors (Lipinski definition) is 3. The van der Waals surface area contributed by atoms with Gasteiger partial charge in [-0.05, 0) is 61.2 Å². The van der Waals surface area contributed by atoms with Gasteiger partial charge >= 0.3 is 12.1 Å². The van der Waals surface area contributed by atoms with Crippen molar-refractivity contribution < 1.29 is 19.1 Å². The predicted molar refractivity (Wildman–Crippen MR) is 128 cm³/mol. The number of hydrogen-bond acceptors (Lipinski definition) is 5. The van der Waals surface area contributed by atoms with Crippen LogP contribution in [0.25, 0.3) is 0 Å².